The van der Waals surface area contributed by atoms with Gasteiger partial charge in [-0.25, -0.2) is 4.39 Å². The minimum atomic E-state index is -0.132. The van der Waals surface area contributed by atoms with E-state index in [1.54, 1.807) is 0 Å². The maximum absolute atomic E-state index is 13.6. The van der Waals surface area contributed by atoms with E-state index in [1.165, 1.54) is 6.07 Å². The third kappa shape index (κ3) is 4.62. The van der Waals surface area contributed by atoms with Crippen molar-refractivity contribution in [3.63, 3.8) is 0 Å². The van der Waals surface area contributed by atoms with E-state index in [0.29, 0.717) is 12.0 Å². The van der Waals surface area contributed by atoms with Crippen LogP contribution in [0.2, 0.25) is 0 Å². The number of nitrogens with one attached hydrogen (secondary N) is 1. The first kappa shape index (κ1) is 13.7. The predicted octanol–water partition coefficient (Wildman–Crippen LogP) is 3.76. The summed E-state index contributed by atoms with van der Waals surface area (Å²) in [5, 5.41) is 3.39. The molecule has 0 bridgehead atoms. The lowest BCUT2D eigenvalue weighted by Gasteiger charge is -2.16. The third-order valence-electron chi connectivity index (χ3n) is 2.42. The van der Waals surface area contributed by atoms with Crippen LogP contribution >= 0.6 is 15.9 Å². The molecular weight excluding hydrogens is 269 g/mol. The molecule has 0 spiro atoms. The van der Waals surface area contributed by atoms with Crippen molar-refractivity contribution in [2.45, 2.75) is 33.2 Å². The summed E-state index contributed by atoms with van der Waals surface area (Å²) < 4.78 is 14.3. The number of halogens is 2. The van der Waals surface area contributed by atoms with Gasteiger partial charge in [-0.1, -0.05) is 35.8 Å². The van der Waals surface area contributed by atoms with Crippen LogP contribution in [0.25, 0.3) is 0 Å². The molecule has 90 valence electrons. The Balaban J connectivity index is 2.52. The minimum absolute atomic E-state index is 0.132. The number of rotatable bonds is 5. The van der Waals surface area contributed by atoms with E-state index in [1.807, 2.05) is 12.1 Å². The van der Waals surface area contributed by atoms with Crippen molar-refractivity contribution in [3.8, 4) is 0 Å². The summed E-state index contributed by atoms with van der Waals surface area (Å²) in [5.41, 5.74) is 0.770. The van der Waals surface area contributed by atoms with Crippen LogP contribution in [0, 0.1) is 11.7 Å². The van der Waals surface area contributed by atoms with Gasteiger partial charge in [0.25, 0.3) is 0 Å². The van der Waals surface area contributed by atoms with Crippen LogP contribution in [0.4, 0.5) is 4.39 Å². The molecule has 16 heavy (non-hydrogen) atoms. The van der Waals surface area contributed by atoms with Gasteiger partial charge in [0.2, 0.25) is 0 Å². The minimum Gasteiger partial charge on any atom is -0.314 e. The smallest absolute Gasteiger partial charge is 0.127 e. The lowest BCUT2D eigenvalue weighted by Crippen LogP contribution is -2.31. The molecule has 0 fully saturated rings. The lowest BCUT2D eigenvalue weighted by atomic mass is 10.1. The first-order valence-corrected chi connectivity index (χ1v) is 6.45. The summed E-state index contributed by atoms with van der Waals surface area (Å²) in [6, 6.07) is 5.54. The van der Waals surface area contributed by atoms with Crippen LogP contribution in [0.5, 0.6) is 0 Å². The Morgan fingerprint density at radius 1 is 1.31 bits per heavy atom. The molecule has 1 aromatic rings. The molecule has 0 aliphatic heterocycles. The molecule has 0 heterocycles. The van der Waals surface area contributed by atoms with Crippen molar-refractivity contribution < 1.29 is 4.39 Å². The molecule has 1 unspecified atom stereocenters. The van der Waals surface area contributed by atoms with Gasteiger partial charge >= 0.3 is 0 Å². The number of hydrogen-bond acceptors (Lipinski definition) is 1. The van der Waals surface area contributed by atoms with E-state index in [0.717, 1.165) is 23.0 Å². The summed E-state index contributed by atoms with van der Waals surface area (Å²) in [6.45, 7) is 7.39. The second kappa shape index (κ2) is 6.36. The van der Waals surface area contributed by atoms with Crippen LogP contribution in [0.3, 0.4) is 0 Å². The molecular formula is C13H19BrFN. The van der Waals surface area contributed by atoms with Gasteiger partial charge in [-0.15, -0.1) is 0 Å². The van der Waals surface area contributed by atoms with E-state index in [2.05, 4.69) is 42.0 Å². The second-order valence-corrected chi connectivity index (χ2v) is 5.56. The molecule has 0 amide bonds. The average molecular weight is 288 g/mol. The van der Waals surface area contributed by atoms with Crippen LogP contribution in [-0.2, 0) is 6.42 Å². The highest BCUT2D eigenvalue weighted by molar-refractivity contribution is 9.10. The van der Waals surface area contributed by atoms with Crippen molar-refractivity contribution in [2.75, 3.05) is 6.54 Å². The molecule has 1 atom stereocenters. The SMILES string of the molecule is CC(C)CNC(C)Cc1ccc(Br)cc1F. The number of benzene rings is 1. The molecule has 1 rings (SSSR count). The second-order valence-electron chi connectivity index (χ2n) is 4.64. The van der Waals surface area contributed by atoms with E-state index < -0.39 is 0 Å². The highest BCUT2D eigenvalue weighted by Gasteiger charge is 2.08. The van der Waals surface area contributed by atoms with Crippen molar-refractivity contribution in [1.29, 1.82) is 0 Å². The van der Waals surface area contributed by atoms with E-state index in [9.17, 15) is 4.39 Å². The fourth-order valence-electron chi connectivity index (χ4n) is 1.53. The Bertz CT molecular complexity index is 339. The topological polar surface area (TPSA) is 12.0 Å². The Kier molecular flexibility index (Phi) is 5.42. The number of hydrogen-bond donors (Lipinski definition) is 1. The van der Waals surface area contributed by atoms with Gasteiger partial charge in [-0.3, -0.25) is 0 Å². The van der Waals surface area contributed by atoms with Gasteiger partial charge in [0, 0.05) is 10.5 Å². The molecule has 0 saturated carbocycles. The molecule has 0 aromatic heterocycles. The Morgan fingerprint density at radius 3 is 2.56 bits per heavy atom. The van der Waals surface area contributed by atoms with Crippen LogP contribution < -0.4 is 5.32 Å². The largest absolute Gasteiger partial charge is 0.314 e. The first-order chi connectivity index (χ1) is 7.49. The fraction of sp³-hybridized carbons (Fsp3) is 0.538. The van der Waals surface area contributed by atoms with Gasteiger partial charge in [-0.2, -0.15) is 0 Å². The van der Waals surface area contributed by atoms with Gasteiger partial charge in [-0.05, 0) is 43.5 Å². The normalized spacial score (nSPS) is 13.1. The summed E-state index contributed by atoms with van der Waals surface area (Å²) in [6.07, 6.45) is 0.728. The van der Waals surface area contributed by atoms with Crippen LogP contribution in [0.1, 0.15) is 26.3 Å². The first-order valence-electron chi connectivity index (χ1n) is 5.66. The van der Waals surface area contributed by atoms with Crippen LogP contribution in [-0.4, -0.2) is 12.6 Å². The van der Waals surface area contributed by atoms with Crippen LogP contribution in [0.15, 0.2) is 22.7 Å². The molecule has 0 saturated heterocycles. The summed E-state index contributed by atoms with van der Waals surface area (Å²) in [7, 11) is 0. The Hall–Kier alpha value is -0.410. The molecule has 1 nitrogen and oxygen atoms in total. The standard InChI is InChI=1S/C13H19BrFN/c1-9(2)8-16-10(3)6-11-4-5-12(14)7-13(11)15/h4-5,7,9-10,16H,6,8H2,1-3H3. The highest BCUT2D eigenvalue weighted by atomic mass is 79.9. The third-order valence-corrected chi connectivity index (χ3v) is 2.91. The molecule has 0 radical (unpaired) electrons. The molecule has 0 aliphatic rings. The molecule has 3 heteroatoms. The van der Waals surface area contributed by atoms with E-state index in [-0.39, 0.29) is 5.82 Å². The molecule has 1 aromatic carbocycles. The fourth-order valence-corrected chi connectivity index (χ4v) is 1.86. The zero-order valence-electron chi connectivity index (χ0n) is 10.1. The van der Waals surface area contributed by atoms with Crippen molar-refractivity contribution >= 4 is 15.9 Å². The average Bonchev–Trinajstić information content (AvgIpc) is 2.19. The van der Waals surface area contributed by atoms with Crippen molar-refractivity contribution in [1.82, 2.24) is 5.32 Å². The zero-order valence-corrected chi connectivity index (χ0v) is 11.6. The summed E-state index contributed by atoms with van der Waals surface area (Å²) in [5.74, 6) is 0.491. The summed E-state index contributed by atoms with van der Waals surface area (Å²) in [4.78, 5) is 0. The maximum atomic E-state index is 13.6. The van der Waals surface area contributed by atoms with E-state index >= 15 is 0 Å². The van der Waals surface area contributed by atoms with Gasteiger partial charge < -0.3 is 5.32 Å². The monoisotopic (exact) mass is 287 g/mol. The zero-order chi connectivity index (χ0) is 12.1. The molecule has 0 aliphatic carbocycles. The quantitative estimate of drug-likeness (QED) is 0.869. The molecule has 1 N–H and O–H groups in total. The van der Waals surface area contributed by atoms with Gasteiger partial charge in [0.05, 0.1) is 0 Å². The Morgan fingerprint density at radius 2 is 2.00 bits per heavy atom. The predicted molar refractivity (Wildman–Crippen MR) is 70.1 cm³/mol. The lowest BCUT2D eigenvalue weighted by molar-refractivity contribution is 0.475. The van der Waals surface area contributed by atoms with Gasteiger partial charge in [0.1, 0.15) is 5.82 Å². The highest BCUT2D eigenvalue weighted by Crippen LogP contribution is 2.16. The summed E-state index contributed by atoms with van der Waals surface area (Å²) >= 11 is 3.26. The van der Waals surface area contributed by atoms with Crippen molar-refractivity contribution in [2.24, 2.45) is 5.92 Å². The maximum Gasteiger partial charge on any atom is 0.127 e. The van der Waals surface area contributed by atoms with Gasteiger partial charge in [0.15, 0.2) is 0 Å². The Labute approximate surface area is 106 Å². The van der Waals surface area contributed by atoms with E-state index in [4.69, 9.17) is 0 Å². The van der Waals surface area contributed by atoms with Crippen molar-refractivity contribution in [3.05, 3.63) is 34.1 Å².